The van der Waals surface area contributed by atoms with Crippen molar-refractivity contribution in [1.82, 2.24) is 0 Å². The fraction of sp³-hybridized carbons (Fsp3) is 0.350. The molecule has 1 N–H and O–H groups in total. The van der Waals surface area contributed by atoms with E-state index >= 15 is 0 Å². The molecule has 1 aliphatic heterocycles. The lowest BCUT2D eigenvalue weighted by Crippen LogP contribution is -2.36. The summed E-state index contributed by atoms with van der Waals surface area (Å²) in [5.41, 5.74) is 2.47. The molecule has 25 heavy (non-hydrogen) atoms. The summed E-state index contributed by atoms with van der Waals surface area (Å²) in [6.45, 7) is 7.21. The molecule has 2 aromatic rings. The maximum absolute atomic E-state index is 12.4. The van der Waals surface area contributed by atoms with Crippen LogP contribution in [0.1, 0.15) is 24.2 Å². The Hall–Kier alpha value is -2.53. The van der Waals surface area contributed by atoms with Gasteiger partial charge < -0.3 is 19.7 Å². The summed E-state index contributed by atoms with van der Waals surface area (Å²) >= 11 is 0. The van der Waals surface area contributed by atoms with Gasteiger partial charge in [-0.1, -0.05) is 6.07 Å². The van der Waals surface area contributed by atoms with Crippen LogP contribution >= 0.6 is 0 Å². The van der Waals surface area contributed by atoms with Gasteiger partial charge in [0.1, 0.15) is 5.75 Å². The van der Waals surface area contributed by atoms with Crippen LogP contribution < -0.4 is 15.0 Å². The van der Waals surface area contributed by atoms with E-state index in [-0.39, 0.29) is 12.0 Å². The third kappa shape index (κ3) is 4.73. The van der Waals surface area contributed by atoms with E-state index in [1.54, 1.807) is 0 Å². The number of anilines is 2. The van der Waals surface area contributed by atoms with Crippen molar-refractivity contribution >= 4 is 17.3 Å². The highest BCUT2D eigenvalue weighted by Crippen LogP contribution is 2.20. The number of hydrogen-bond acceptors (Lipinski definition) is 4. The molecule has 132 valence electrons. The molecule has 1 saturated heterocycles. The summed E-state index contributed by atoms with van der Waals surface area (Å²) in [6, 6.07) is 15.1. The van der Waals surface area contributed by atoms with Gasteiger partial charge in [0, 0.05) is 36.1 Å². The van der Waals surface area contributed by atoms with Gasteiger partial charge >= 0.3 is 0 Å². The quantitative estimate of drug-likeness (QED) is 0.904. The Bertz CT molecular complexity index is 707. The zero-order chi connectivity index (χ0) is 17.6. The number of nitrogens with one attached hydrogen (secondary N) is 1. The van der Waals surface area contributed by atoms with Gasteiger partial charge in [-0.3, -0.25) is 4.79 Å². The molecule has 0 bridgehead atoms. The molecule has 1 fully saturated rings. The molecule has 0 unspecified atom stereocenters. The molecular formula is C20H24N2O3. The third-order valence-corrected chi connectivity index (χ3v) is 3.97. The average molecular weight is 340 g/mol. The zero-order valence-corrected chi connectivity index (χ0v) is 14.7. The Kier molecular flexibility index (Phi) is 5.56. The topological polar surface area (TPSA) is 50.8 Å². The van der Waals surface area contributed by atoms with Crippen LogP contribution in [0.4, 0.5) is 11.4 Å². The van der Waals surface area contributed by atoms with Gasteiger partial charge in [-0.25, -0.2) is 0 Å². The second-order valence-electron chi connectivity index (χ2n) is 6.29. The molecular weight excluding hydrogens is 316 g/mol. The predicted molar refractivity (Wildman–Crippen MR) is 99.6 cm³/mol. The molecule has 1 amide bonds. The molecule has 0 aromatic heterocycles. The first-order chi connectivity index (χ1) is 12.1. The number of amides is 1. The molecule has 5 nitrogen and oxygen atoms in total. The van der Waals surface area contributed by atoms with Gasteiger partial charge in [0.15, 0.2) is 0 Å². The van der Waals surface area contributed by atoms with E-state index < -0.39 is 0 Å². The minimum atomic E-state index is -0.129. The summed E-state index contributed by atoms with van der Waals surface area (Å²) in [5.74, 6) is 0.616. The molecule has 2 aromatic carbocycles. The fourth-order valence-electron chi connectivity index (χ4n) is 2.77. The van der Waals surface area contributed by atoms with E-state index in [0.717, 1.165) is 43.4 Å². The van der Waals surface area contributed by atoms with E-state index in [2.05, 4.69) is 10.2 Å². The number of morpholine rings is 1. The van der Waals surface area contributed by atoms with Gasteiger partial charge in [0.2, 0.25) is 0 Å². The minimum absolute atomic E-state index is 0.0960. The number of carbonyl (C=O) groups is 1. The molecule has 3 rings (SSSR count). The fourth-order valence-corrected chi connectivity index (χ4v) is 2.77. The number of ether oxygens (including phenoxy) is 2. The van der Waals surface area contributed by atoms with Gasteiger partial charge in [0.05, 0.1) is 19.3 Å². The minimum Gasteiger partial charge on any atom is -0.491 e. The first-order valence-electron chi connectivity index (χ1n) is 8.62. The highest BCUT2D eigenvalue weighted by atomic mass is 16.5. The van der Waals surface area contributed by atoms with E-state index in [1.165, 1.54) is 0 Å². The third-order valence-electron chi connectivity index (χ3n) is 3.97. The Balaban J connectivity index is 1.65. The van der Waals surface area contributed by atoms with Gasteiger partial charge in [0.25, 0.3) is 5.91 Å². The van der Waals surface area contributed by atoms with E-state index in [9.17, 15) is 4.79 Å². The van der Waals surface area contributed by atoms with Crippen LogP contribution in [0.25, 0.3) is 0 Å². The van der Waals surface area contributed by atoms with Crippen molar-refractivity contribution in [3.63, 3.8) is 0 Å². The van der Waals surface area contributed by atoms with Gasteiger partial charge in [-0.15, -0.1) is 0 Å². The van der Waals surface area contributed by atoms with Crippen molar-refractivity contribution in [3.05, 3.63) is 54.1 Å². The smallest absolute Gasteiger partial charge is 0.255 e. The highest BCUT2D eigenvalue weighted by Gasteiger charge is 2.12. The van der Waals surface area contributed by atoms with Crippen molar-refractivity contribution in [1.29, 1.82) is 0 Å². The summed E-state index contributed by atoms with van der Waals surface area (Å²) in [4.78, 5) is 14.7. The van der Waals surface area contributed by atoms with E-state index in [1.807, 2.05) is 62.4 Å². The Morgan fingerprint density at radius 1 is 1.12 bits per heavy atom. The highest BCUT2D eigenvalue weighted by molar-refractivity contribution is 6.04. The molecule has 1 heterocycles. The Morgan fingerprint density at radius 3 is 2.52 bits per heavy atom. The van der Waals surface area contributed by atoms with Gasteiger partial charge in [-0.05, 0) is 50.2 Å². The average Bonchev–Trinajstić information content (AvgIpc) is 2.62. The van der Waals surface area contributed by atoms with Crippen molar-refractivity contribution in [3.8, 4) is 5.75 Å². The van der Waals surface area contributed by atoms with Crippen LogP contribution in [0.2, 0.25) is 0 Å². The van der Waals surface area contributed by atoms with Crippen LogP contribution in [0.5, 0.6) is 5.75 Å². The summed E-state index contributed by atoms with van der Waals surface area (Å²) in [7, 11) is 0. The number of rotatable bonds is 5. The van der Waals surface area contributed by atoms with Crippen molar-refractivity contribution in [2.75, 3.05) is 36.5 Å². The van der Waals surface area contributed by atoms with Crippen molar-refractivity contribution < 1.29 is 14.3 Å². The zero-order valence-electron chi connectivity index (χ0n) is 14.7. The van der Waals surface area contributed by atoms with E-state index in [4.69, 9.17) is 9.47 Å². The second kappa shape index (κ2) is 8.03. The van der Waals surface area contributed by atoms with Crippen molar-refractivity contribution in [2.24, 2.45) is 0 Å². The standard InChI is InChI=1S/C20H24N2O3/c1-15(2)25-19-5-3-4-17(14-19)21-20(23)16-6-8-18(9-7-16)22-10-12-24-13-11-22/h3-9,14-15H,10-13H2,1-2H3,(H,21,23). The van der Waals surface area contributed by atoms with Crippen molar-refractivity contribution in [2.45, 2.75) is 20.0 Å². The van der Waals surface area contributed by atoms with Gasteiger partial charge in [-0.2, -0.15) is 0 Å². The number of carbonyl (C=O) groups excluding carboxylic acids is 1. The normalized spacial score (nSPS) is 14.4. The summed E-state index contributed by atoms with van der Waals surface area (Å²) in [5, 5.41) is 2.92. The lowest BCUT2D eigenvalue weighted by atomic mass is 10.1. The maximum atomic E-state index is 12.4. The Labute approximate surface area is 148 Å². The summed E-state index contributed by atoms with van der Waals surface area (Å²) in [6.07, 6.45) is 0.0960. The lowest BCUT2D eigenvalue weighted by Gasteiger charge is -2.28. The number of hydrogen-bond donors (Lipinski definition) is 1. The first kappa shape index (κ1) is 17.3. The maximum Gasteiger partial charge on any atom is 0.255 e. The molecule has 0 aliphatic carbocycles. The molecule has 5 heteroatoms. The van der Waals surface area contributed by atoms with Crippen LogP contribution in [0.3, 0.4) is 0 Å². The molecule has 1 aliphatic rings. The summed E-state index contributed by atoms with van der Waals surface area (Å²) < 4.78 is 11.0. The monoisotopic (exact) mass is 340 g/mol. The molecule has 0 saturated carbocycles. The van der Waals surface area contributed by atoms with Crippen LogP contribution in [0.15, 0.2) is 48.5 Å². The number of benzene rings is 2. The van der Waals surface area contributed by atoms with E-state index in [0.29, 0.717) is 5.56 Å². The van der Waals surface area contributed by atoms with Crippen LogP contribution in [0, 0.1) is 0 Å². The predicted octanol–water partition coefficient (Wildman–Crippen LogP) is 3.56. The molecule has 0 radical (unpaired) electrons. The largest absolute Gasteiger partial charge is 0.491 e. The lowest BCUT2D eigenvalue weighted by molar-refractivity contribution is 0.102. The van der Waals surface area contributed by atoms with Crippen LogP contribution in [-0.2, 0) is 4.74 Å². The number of nitrogens with zero attached hydrogens (tertiary/aromatic N) is 1. The molecule has 0 spiro atoms. The SMILES string of the molecule is CC(C)Oc1cccc(NC(=O)c2ccc(N3CCOCC3)cc2)c1. The molecule has 0 atom stereocenters. The van der Waals surface area contributed by atoms with Crippen LogP contribution in [-0.4, -0.2) is 38.3 Å². The Morgan fingerprint density at radius 2 is 1.84 bits per heavy atom. The first-order valence-corrected chi connectivity index (χ1v) is 8.62. The second-order valence-corrected chi connectivity index (χ2v) is 6.29.